The Kier molecular flexibility index (Phi) is 11.5. The molecule has 3 rings (SSSR count). The molecule has 4 N–H and O–H groups in total. The molecule has 0 amide bonds. The Hall–Kier alpha value is -4.88. The topological polar surface area (TPSA) is 123 Å². The van der Waals surface area contributed by atoms with Crippen LogP contribution >= 0.6 is 0 Å². The maximum atomic E-state index is 14.6. The van der Waals surface area contributed by atoms with E-state index in [1.54, 1.807) is 0 Å². The van der Waals surface area contributed by atoms with Crippen molar-refractivity contribution in [1.82, 2.24) is 0 Å². The number of halogens is 6. The zero-order chi connectivity index (χ0) is 32.3. The third kappa shape index (κ3) is 11.1. The molecule has 44 heavy (non-hydrogen) atoms. The summed E-state index contributed by atoms with van der Waals surface area (Å²) in [6, 6.07) is 11.8. The highest BCUT2D eigenvalue weighted by Crippen LogP contribution is 2.35. The fraction of sp³-hybridized carbons (Fsp3) is 0.267. The molecule has 0 bridgehead atoms. The molecule has 0 radical (unpaired) electrons. The molecule has 8 nitrogen and oxygen atoms in total. The van der Waals surface area contributed by atoms with E-state index in [9.17, 15) is 35.9 Å². The summed E-state index contributed by atoms with van der Waals surface area (Å²) in [7, 11) is 0. The number of carbonyl (C=O) groups is 2. The van der Waals surface area contributed by atoms with Gasteiger partial charge in [0.25, 0.3) is 0 Å². The Bertz CT molecular complexity index is 1440. The molecule has 0 aromatic heterocycles. The predicted molar refractivity (Wildman–Crippen MR) is 148 cm³/mol. The first-order valence-corrected chi connectivity index (χ1v) is 13.1. The van der Waals surface area contributed by atoms with Crippen molar-refractivity contribution in [3.63, 3.8) is 0 Å². The summed E-state index contributed by atoms with van der Waals surface area (Å²) >= 11 is 0. The van der Waals surface area contributed by atoms with E-state index < -0.39 is 42.0 Å². The number of nitrogen functional groups attached to an aromatic ring is 2. The standard InChI is InChI=1S/C30H28F6N2O6/c31-26-18-24(41-12-1-11-29(32,33)34)8-9-25(26)30(35,36)44-23-6-3-19(4-7-23)5-10-27(39)42-13-2-14-43-28(40)20-15-21(37)17-22(38)16-20/h3-10,15-18H,1-2,11-14,37-38H2/b10-5+. The maximum absolute atomic E-state index is 14.6. The lowest BCUT2D eigenvalue weighted by Crippen LogP contribution is -2.23. The molecule has 3 aromatic rings. The van der Waals surface area contributed by atoms with Crippen molar-refractivity contribution >= 4 is 29.4 Å². The van der Waals surface area contributed by atoms with Crippen LogP contribution in [0.4, 0.5) is 37.7 Å². The lowest BCUT2D eigenvalue weighted by atomic mass is 10.1. The second kappa shape index (κ2) is 15.0. The average Bonchev–Trinajstić information content (AvgIpc) is 2.93. The van der Waals surface area contributed by atoms with E-state index >= 15 is 0 Å². The summed E-state index contributed by atoms with van der Waals surface area (Å²) in [5, 5.41) is 0. The van der Waals surface area contributed by atoms with Gasteiger partial charge in [-0.3, -0.25) is 0 Å². The minimum atomic E-state index is -4.37. The van der Waals surface area contributed by atoms with Crippen LogP contribution in [0.2, 0.25) is 0 Å². The monoisotopic (exact) mass is 626 g/mol. The van der Waals surface area contributed by atoms with E-state index in [2.05, 4.69) is 4.74 Å². The van der Waals surface area contributed by atoms with Crippen LogP contribution in [0, 0.1) is 5.82 Å². The number of benzene rings is 3. The summed E-state index contributed by atoms with van der Waals surface area (Å²) in [6.45, 7) is -0.438. The van der Waals surface area contributed by atoms with Gasteiger partial charge in [0.05, 0.1) is 25.4 Å². The van der Waals surface area contributed by atoms with Gasteiger partial charge in [0.15, 0.2) is 0 Å². The molecule has 0 spiro atoms. The van der Waals surface area contributed by atoms with Gasteiger partial charge in [-0.15, -0.1) is 0 Å². The molecule has 0 saturated heterocycles. The molecule has 0 aliphatic rings. The van der Waals surface area contributed by atoms with Gasteiger partial charge in [0, 0.05) is 36.4 Å². The van der Waals surface area contributed by atoms with Gasteiger partial charge in [-0.05, 0) is 60.5 Å². The molecule has 14 heteroatoms. The smallest absolute Gasteiger partial charge is 0.429 e. The zero-order valence-corrected chi connectivity index (χ0v) is 23.0. The highest BCUT2D eigenvalue weighted by molar-refractivity contribution is 5.91. The predicted octanol–water partition coefficient (Wildman–Crippen LogP) is 6.64. The second-order valence-corrected chi connectivity index (χ2v) is 9.28. The number of alkyl halides is 5. The van der Waals surface area contributed by atoms with Gasteiger partial charge in [-0.2, -0.15) is 22.0 Å². The van der Waals surface area contributed by atoms with Crippen LogP contribution in [0.15, 0.2) is 66.7 Å². The summed E-state index contributed by atoms with van der Waals surface area (Å²) in [6.07, 6.45) is -7.23. The van der Waals surface area contributed by atoms with Crippen LogP contribution in [0.5, 0.6) is 11.5 Å². The first-order valence-electron chi connectivity index (χ1n) is 13.1. The molecule has 0 atom stereocenters. The first kappa shape index (κ1) is 33.6. The number of hydrogen-bond donors (Lipinski definition) is 2. The van der Waals surface area contributed by atoms with Gasteiger partial charge in [0.2, 0.25) is 0 Å². The van der Waals surface area contributed by atoms with E-state index in [1.165, 1.54) is 48.5 Å². The van der Waals surface area contributed by atoms with E-state index in [4.69, 9.17) is 25.7 Å². The Morgan fingerprint density at radius 3 is 2.05 bits per heavy atom. The molecular weight excluding hydrogens is 598 g/mol. The van der Waals surface area contributed by atoms with Gasteiger partial charge >= 0.3 is 24.2 Å². The first-order chi connectivity index (χ1) is 20.7. The highest BCUT2D eigenvalue weighted by Gasteiger charge is 2.38. The molecule has 0 heterocycles. The van der Waals surface area contributed by atoms with E-state index in [-0.39, 0.29) is 49.7 Å². The van der Waals surface area contributed by atoms with Crippen LogP contribution in [0.1, 0.15) is 40.7 Å². The van der Waals surface area contributed by atoms with Gasteiger partial charge in [-0.25, -0.2) is 14.0 Å². The lowest BCUT2D eigenvalue weighted by Gasteiger charge is -2.19. The van der Waals surface area contributed by atoms with Crippen LogP contribution in [0.25, 0.3) is 6.08 Å². The summed E-state index contributed by atoms with van der Waals surface area (Å²) in [4.78, 5) is 24.0. The van der Waals surface area contributed by atoms with Crippen LogP contribution in [-0.4, -0.2) is 37.9 Å². The number of anilines is 2. The average molecular weight is 627 g/mol. The third-order valence-corrected chi connectivity index (χ3v) is 5.64. The Morgan fingerprint density at radius 2 is 1.41 bits per heavy atom. The molecular formula is C30H28F6N2O6. The molecule has 236 valence electrons. The summed E-state index contributed by atoms with van der Waals surface area (Å²) in [5.74, 6) is -3.21. The second-order valence-electron chi connectivity index (χ2n) is 9.28. The fourth-order valence-electron chi connectivity index (χ4n) is 3.62. The number of rotatable bonds is 14. The van der Waals surface area contributed by atoms with Gasteiger partial charge in [0.1, 0.15) is 22.9 Å². The van der Waals surface area contributed by atoms with Crippen LogP contribution in [-0.2, 0) is 20.4 Å². The number of carbonyl (C=O) groups excluding carboxylic acids is 2. The molecule has 0 unspecified atom stereocenters. The summed E-state index contributed by atoms with van der Waals surface area (Å²) < 4.78 is 99.9. The largest absolute Gasteiger partial charge is 0.493 e. The minimum absolute atomic E-state index is 0.0240. The van der Waals surface area contributed by atoms with E-state index in [0.29, 0.717) is 23.0 Å². The molecule has 3 aromatic carbocycles. The third-order valence-electron chi connectivity index (χ3n) is 5.64. The van der Waals surface area contributed by atoms with Gasteiger partial charge in [-0.1, -0.05) is 12.1 Å². The quantitative estimate of drug-likeness (QED) is 0.0671. The molecule has 0 fully saturated rings. The lowest BCUT2D eigenvalue weighted by molar-refractivity contribution is -0.187. The zero-order valence-electron chi connectivity index (χ0n) is 23.0. The van der Waals surface area contributed by atoms with Crippen molar-refractivity contribution in [2.24, 2.45) is 0 Å². The number of ether oxygens (including phenoxy) is 4. The van der Waals surface area contributed by atoms with Crippen molar-refractivity contribution in [1.29, 1.82) is 0 Å². The number of hydrogen-bond acceptors (Lipinski definition) is 8. The van der Waals surface area contributed by atoms with Gasteiger partial charge < -0.3 is 30.4 Å². The number of nitrogens with two attached hydrogens (primary N) is 2. The Labute approximate surface area is 248 Å². The molecule has 0 aliphatic carbocycles. The van der Waals surface area contributed by atoms with E-state index in [1.807, 2.05) is 0 Å². The fourth-order valence-corrected chi connectivity index (χ4v) is 3.62. The SMILES string of the molecule is Nc1cc(N)cc(C(=O)OCCCOC(=O)/C=C/c2ccc(OC(F)(F)c3ccc(OCCCC(F)(F)F)cc3F)cc2)c1. The Morgan fingerprint density at radius 1 is 0.773 bits per heavy atom. The van der Waals surface area contributed by atoms with Crippen molar-refractivity contribution in [2.75, 3.05) is 31.3 Å². The van der Waals surface area contributed by atoms with Crippen LogP contribution < -0.4 is 20.9 Å². The summed E-state index contributed by atoms with van der Waals surface area (Å²) in [5.41, 5.74) is 11.4. The normalized spacial score (nSPS) is 11.8. The van der Waals surface area contributed by atoms with Crippen LogP contribution in [0.3, 0.4) is 0 Å². The highest BCUT2D eigenvalue weighted by atomic mass is 19.4. The van der Waals surface area contributed by atoms with Crippen molar-refractivity contribution in [2.45, 2.75) is 31.5 Å². The van der Waals surface area contributed by atoms with Crippen molar-refractivity contribution in [3.05, 3.63) is 89.2 Å². The Balaban J connectivity index is 1.42. The maximum Gasteiger partial charge on any atom is 0.429 e. The molecule has 0 aliphatic heterocycles. The van der Waals surface area contributed by atoms with Crippen molar-refractivity contribution < 1.29 is 54.9 Å². The van der Waals surface area contributed by atoms with Crippen molar-refractivity contribution in [3.8, 4) is 11.5 Å². The van der Waals surface area contributed by atoms with E-state index in [0.717, 1.165) is 18.2 Å². The number of esters is 2. The molecule has 0 saturated carbocycles. The minimum Gasteiger partial charge on any atom is -0.493 e.